The first-order chi connectivity index (χ1) is 10.1. The summed E-state index contributed by atoms with van der Waals surface area (Å²) < 4.78 is 11.1. The number of hydrogen-bond donors (Lipinski definition) is 1. The van der Waals surface area contributed by atoms with Gasteiger partial charge in [-0.1, -0.05) is 35.4 Å². The first-order valence-electron chi connectivity index (χ1n) is 6.17. The summed E-state index contributed by atoms with van der Waals surface area (Å²) >= 11 is 16.6. The van der Waals surface area contributed by atoms with Crippen molar-refractivity contribution in [1.82, 2.24) is 0 Å². The lowest BCUT2D eigenvalue weighted by molar-refractivity contribution is 0.217. The molecule has 2 aromatic rings. The van der Waals surface area contributed by atoms with E-state index in [1.54, 1.807) is 18.2 Å². The van der Waals surface area contributed by atoms with Gasteiger partial charge in [0.15, 0.2) is 0 Å². The first kappa shape index (κ1) is 15.9. The molecule has 0 saturated carbocycles. The monoisotopic (exact) mass is 341 g/mol. The van der Waals surface area contributed by atoms with Gasteiger partial charge in [0, 0.05) is 11.6 Å². The Kier molecular flexibility index (Phi) is 5.67. The first-order valence-corrected chi connectivity index (χ1v) is 7.33. The number of thiocarbonyl (C=S) groups is 1. The van der Waals surface area contributed by atoms with Crippen LogP contribution in [-0.2, 0) is 0 Å². The molecule has 0 unspecified atom stereocenters. The van der Waals surface area contributed by atoms with E-state index in [0.29, 0.717) is 34.0 Å². The second-order valence-electron chi connectivity index (χ2n) is 4.16. The molecule has 0 radical (unpaired) electrons. The number of rotatable bonds is 6. The lowest BCUT2D eigenvalue weighted by Crippen LogP contribution is -2.10. The highest BCUT2D eigenvalue weighted by atomic mass is 35.5. The number of halogens is 2. The van der Waals surface area contributed by atoms with Crippen molar-refractivity contribution in [3.05, 3.63) is 58.1 Å². The van der Waals surface area contributed by atoms with Gasteiger partial charge in [-0.3, -0.25) is 0 Å². The smallest absolute Gasteiger partial charge is 0.122 e. The maximum Gasteiger partial charge on any atom is 0.122 e. The Morgan fingerprint density at radius 3 is 2.05 bits per heavy atom. The fourth-order valence-corrected chi connectivity index (χ4v) is 2.03. The van der Waals surface area contributed by atoms with Gasteiger partial charge in [0.2, 0.25) is 0 Å². The second-order valence-corrected chi connectivity index (χ2v) is 5.42. The minimum Gasteiger partial charge on any atom is -0.490 e. The van der Waals surface area contributed by atoms with E-state index in [9.17, 15) is 0 Å². The lowest BCUT2D eigenvalue weighted by Gasteiger charge is -2.09. The Hall–Kier alpha value is -1.49. The molecule has 0 amide bonds. The highest BCUT2D eigenvalue weighted by Crippen LogP contribution is 2.26. The summed E-state index contributed by atoms with van der Waals surface area (Å²) in [6.45, 7) is 0.807. The summed E-state index contributed by atoms with van der Waals surface area (Å²) in [6, 6.07) is 12.4. The van der Waals surface area contributed by atoms with Gasteiger partial charge in [-0.05, 0) is 36.4 Å². The minimum atomic E-state index is 0.365. The zero-order valence-corrected chi connectivity index (χ0v) is 13.3. The topological polar surface area (TPSA) is 44.5 Å². The molecule has 6 heteroatoms. The minimum absolute atomic E-state index is 0.365. The van der Waals surface area contributed by atoms with E-state index in [1.165, 1.54) is 0 Å². The average Bonchev–Trinajstić information content (AvgIpc) is 2.47. The maximum atomic E-state index is 5.90. The summed E-state index contributed by atoms with van der Waals surface area (Å²) in [5.41, 5.74) is 6.33. The molecule has 2 N–H and O–H groups in total. The molecular weight excluding hydrogens is 329 g/mol. The van der Waals surface area contributed by atoms with Crippen LogP contribution in [0.5, 0.6) is 11.5 Å². The van der Waals surface area contributed by atoms with Crippen molar-refractivity contribution in [2.75, 3.05) is 13.2 Å². The molecule has 0 spiro atoms. The molecule has 0 saturated heterocycles. The van der Waals surface area contributed by atoms with Gasteiger partial charge in [-0.25, -0.2) is 0 Å². The highest BCUT2D eigenvalue weighted by Gasteiger charge is 2.01. The van der Waals surface area contributed by atoms with Gasteiger partial charge < -0.3 is 15.2 Å². The Morgan fingerprint density at radius 2 is 1.48 bits per heavy atom. The van der Waals surface area contributed by atoms with E-state index < -0.39 is 0 Å². The molecule has 2 rings (SSSR count). The van der Waals surface area contributed by atoms with Crippen molar-refractivity contribution in [2.24, 2.45) is 5.73 Å². The summed E-state index contributed by atoms with van der Waals surface area (Å²) in [4.78, 5) is 0.365. The van der Waals surface area contributed by atoms with Crippen LogP contribution >= 0.6 is 35.4 Å². The van der Waals surface area contributed by atoms with Crippen LogP contribution in [0.2, 0.25) is 10.0 Å². The van der Waals surface area contributed by atoms with E-state index in [4.69, 9.17) is 50.6 Å². The van der Waals surface area contributed by atoms with Crippen molar-refractivity contribution in [3.63, 3.8) is 0 Å². The normalized spacial score (nSPS) is 10.2. The van der Waals surface area contributed by atoms with Crippen molar-refractivity contribution in [3.8, 4) is 11.5 Å². The largest absolute Gasteiger partial charge is 0.490 e. The zero-order chi connectivity index (χ0) is 15.2. The lowest BCUT2D eigenvalue weighted by atomic mass is 10.2. The molecule has 110 valence electrons. The maximum absolute atomic E-state index is 5.90. The molecule has 0 heterocycles. The molecule has 0 aliphatic heterocycles. The summed E-state index contributed by atoms with van der Waals surface area (Å²) in [5.74, 6) is 1.38. The Labute approximate surface area is 138 Å². The molecule has 3 nitrogen and oxygen atoms in total. The zero-order valence-electron chi connectivity index (χ0n) is 11.0. The third-order valence-electron chi connectivity index (χ3n) is 2.65. The molecule has 21 heavy (non-hydrogen) atoms. The predicted molar refractivity (Wildman–Crippen MR) is 89.8 cm³/mol. The third-order valence-corrected chi connectivity index (χ3v) is 3.63. The third kappa shape index (κ3) is 4.77. The van der Waals surface area contributed by atoms with Crippen molar-refractivity contribution in [1.29, 1.82) is 0 Å². The molecule has 0 bridgehead atoms. The number of ether oxygens (including phenoxy) is 2. The number of benzene rings is 2. The van der Waals surface area contributed by atoms with E-state index >= 15 is 0 Å². The Balaban J connectivity index is 1.79. The standard InChI is InChI=1S/C15H13Cl2NO2S/c16-13-6-5-12(9-14(13)17)20-8-7-19-11-3-1-10(2-4-11)15(18)21/h1-6,9H,7-8H2,(H2,18,21). The van der Waals surface area contributed by atoms with Crippen molar-refractivity contribution < 1.29 is 9.47 Å². The van der Waals surface area contributed by atoms with Gasteiger partial charge >= 0.3 is 0 Å². The summed E-state index contributed by atoms with van der Waals surface area (Å²) in [6.07, 6.45) is 0. The summed E-state index contributed by atoms with van der Waals surface area (Å²) in [5, 5.41) is 0.960. The van der Waals surface area contributed by atoms with Gasteiger partial charge in [-0.15, -0.1) is 0 Å². The van der Waals surface area contributed by atoms with Crippen LogP contribution in [0, 0.1) is 0 Å². The van der Waals surface area contributed by atoms with Crippen LogP contribution in [0.25, 0.3) is 0 Å². The Bertz CT molecular complexity index is 632. The van der Waals surface area contributed by atoms with Crippen LogP contribution in [0.3, 0.4) is 0 Å². The van der Waals surface area contributed by atoms with Crippen LogP contribution < -0.4 is 15.2 Å². The fraction of sp³-hybridized carbons (Fsp3) is 0.133. The van der Waals surface area contributed by atoms with Gasteiger partial charge in [0.05, 0.1) is 10.0 Å². The summed E-state index contributed by atoms with van der Waals surface area (Å²) in [7, 11) is 0. The van der Waals surface area contributed by atoms with Crippen LogP contribution in [0.4, 0.5) is 0 Å². The molecule has 0 fully saturated rings. The molecule has 0 aromatic heterocycles. The molecular formula is C15H13Cl2NO2S. The molecule has 0 atom stereocenters. The van der Waals surface area contributed by atoms with Crippen LogP contribution in [0.15, 0.2) is 42.5 Å². The highest BCUT2D eigenvalue weighted by molar-refractivity contribution is 7.80. The van der Waals surface area contributed by atoms with Crippen LogP contribution in [-0.4, -0.2) is 18.2 Å². The van der Waals surface area contributed by atoms with E-state index in [-0.39, 0.29) is 0 Å². The van der Waals surface area contributed by atoms with Gasteiger partial charge in [0.25, 0.3) is 0 Å². The quantitative estimate of drug-likeness (QED) is 0.634. The molecule has 0 aliphatic rings. The van der Waals surface area contributed by atoms with E-state index in [2.05, 4.69) is 0 Å². The number of nitrogens with two attached hydrogens (primary N) is 1. The molecule has 0 aliphatic carbocycles. The van der Waals surface area contributed by atoms with Gasteiger partial charge in [-0.2, -0.15) is 0 Å². The van der Waals surface area contributed by atoms with E-state index in [0.717, 1.165) is 11.3 Å². The van der Waals surface area contributed by atoms with Crippen molar-refractivity contribution >= 4 is 40.4 Å². The Morgan fingerprint density at radius 1 is 0.905 bits per heavy atom. The van der Waals surface area contributed by atoms with Gasteiger partial charge in [0.1, 0.15) is 29.7 Å². The van der Waals surface area contributed by atoms with Crippen LogP contribution in [0.1, 0.15) is 5.56 Å². The van der Waals surface area contributed by atoms with Crippen molar-refractivity contribution in [2.45, 2.75) is 0 Å². The number of hydrogen-bond acceptors (Lipinski definition) is 3. The second kappa shape index (κ2) is 7.50. The fourth-order valence-electron chi connectivity index (χ4n) is 1.60. The average molecular weight is 342 g/mol. The SMILES string of the molecule is NC(=S)c1ccc(OCCOc2ccc(Cl)c(Cl)c2)cc1. The molecule has 2 aromatic carbocycles. The predicted octanol–water partition coefficient (Wildman–Crippen LogP) is 4.09. The van der Waals surface area contributed by atoms with E-state index in [1.807, 2.05) is 24.3 Å².